The number of methoxy groups -OCH3 is 1. The van der Waals surface area contributed by atoms with Gasteiger partial charge in [-0.2, -0.15) is 0 Å². The van der Waals surface area contributed by atoms with Crippen LogP contribution in [0.2, 0.25) is 0 Å². The number of benzene rings is 2. The van der Waals surface area contributed by atoms with Crippen molar-refractivity contribution >= 4 is 0 Å². The largest absolute Gasteiger partial charge is 0.493 e. The van der Waals surface area contributed by atoms with E-state index in [9.17, 15) is 0 Å². The maximum atomic E-state index is 5.71. The van der Waals surface area contributed by atoms with Crippen LogP contribution in [0.5, 0.6) is 5.75 Å². The predicted molar refractivity (Wildman–Crippen MR) is 78.6 cm³/mol. The van der Waals surface area contributed by atoms with Crippen molar-refractivity contribution in [2.45, 2.75) is 13.3 Å². The topological polar surface area (TPSA) is 18.5 Å². The minimum Gasteiger partial charge on any atom is -0.493 e. The minimum absolute atomic E-state index is 0.686. The fourth-order valence-corrected chi connectivity index (χ4v) is 1.90. The first-order chi connectivity index (χ1) is 9.29. The molecule has 0 N–H and O–H groups in total. The lowest BCUT2D eigenvalue weighted by molar-refractivity contribution is 0.172. The van der Waals surface area contributed by atoms with Gasteiger partial charge in [0.15, 0.2) is 0 Å². The van der Waals surface area contributed by atoms with E-state index in [-0.39, 0.29) is 0 Å². The molecule has 0 spiro atoms. The Morgan fingerprint density at radius 3 is 2.42 bits per heavy atom. The molecule has 19 heavy (non-hydrogen) atoms. The molecule has 0 aliphatic carbocycles. The van der Waals surface area contributed by atoms with Crippen molar-refractivity contribution in [1.82, 2.24) is 0 Å². The Morgan fingerprint density at radius 2 is 1.68 bits per heavy atom. The highest BCUT2D eigenvalue weighted by atomic mass is 16.5. The second-order valence-corrected chi connectivity index (χ2v) is 4.59. The lowest BCUT2D eigenvalue weighted by atomic mass is 10.0. The molecule has 2 rings (SSSR count). The van der Waals surface area contributed by atoms with Gasteiger partial charge >= 0.3 is 0 Å². The van der Waals surface area contributed by atoms with Gasteiger partial charge in [0.2, 0.25) is 0 Å². The monoisotopic (exact) mass is 256 g/mol. The molecule has 0 amide bonds. The molecule has 2 aromatic carbocycles. The van der Waals surface area contributed by atoms with Crippen LogP contribution in [0.1, 0.15) is 12.0 Å². The summed E-state index contributed by atoms with van der Waals surface area (Å²) in [6.45, 7) is 3.52. The standard InChI is InChI=1S/C17H20O2/c1-14-7-9-15(10-8-14)16-5-3-6-17(13-16)19-12-4-11-18-2/h3,5-10,13H,4,11-12H2,1-2H3. The molecule has 0 aliphatic rings. The molecule has 0 saturated heterocycles. The van der Waals surface area contributed by atoms with Crippen molar-refractivity contribution in [3.05, 3.63) is 54.1 Å². The average Bonchev–Trinajstić information content (AvgIpc) is 2.45. The van der Waals surface area contributed by atoms with E-state index in [1.54, 1.807) is 7.11 Å². The van der Waals surface area contributed by atoms with Gasteiger partial charge in [-0.1, -0.05) is 42.0 Å². The highest BCUT2D eigenvalue weighted by Gasteiger charge is 2.00. The molecule has 0 aromatic heterocycles. The van der Waals surface area contributed by atoms with Gasteiger partial charge in [0.1, 0.15) is 5.75 Å². The molecule has 0 aliphatic heterocycles. The van der Waals surface area contributed by atoms with Gasteiger partial charge in [-0.25, -0.2) is 0 Å². The quantitative estimate of drug-likeness (QED) is 0.725. The zero-order valence-corrected chi connectivity index (χ0v) is 11.6. The van der Waals surface area contributed by atoms with Gasteiger partial charge in [-0.3, -0.25) is 0 Å². The fourth-order valence-electron chi connectivity index (χ4n) is 1.90. The van der Waals surface area contributed by atoms with E-state index in [1.807, 2.05) is 12.1 Å². The van der Waals surface area contributed by atoms with Gasteiger partial charge in [-0.05, 0) is 30.2 Å². The van der Waals surface area contributed by atoms with Crippen LogP contribution < -0.4 is 4.74 Å². The van der Waals surface area contributed by atoms with Crippen LogP contribution in [-0.2, 0) is 4.74 Å². The molecule has 0 unspecified atom stereocenters. The second-order valence-electron chi connectivity index (χ2n) is 4.59. The number of hydrogen-bond donors (Lipinski definition) is 0. The van der Waals surface area contributed by atoms with Crippen LogP contribution in [-0.4, -0.2) is 20.3 Å². The third-order valence-electron chi connectivity index (χ3n) is 2.98. The molecule has 2 aromatic rings. The number of aryl methyl sites for hydroxylation is 1. The van der Waals surface area contributed by atoms with Crippen molar-refractivity contribution in [2.24, 2.45) is 0 Å². The van der Waals surface area contributed by atoms with Crippen molar-refractivity contribution in [2.75, 3.05) is 20.3 Å². The SMILES string of the molecule is COCCCOc1cccc(-c2ccc(C)cc2)c1. The maximum Gasteiger partial charge on any atom is 0.119 e. The second kappa shape index (κ2) is 6.95. The van der Waals surface area contributed by atoms with Gasteiger partial charge in [0, 0.05) is 20.1 Å². The Morgan fingerprint density at radius 1 is 0.895 bits per heavy atom. The van der Waals surface area contributed by atoms with Crippen LogP contribution in [0.4, 0.5) is 0 Å². The molecule has 2 heteroatoms. The third kappa shape index (κ3) is 4.11. The first kappa shape index (κ1) is 13.6. The summed E-state index contributed by atoms with van der Waals surface area (Å²) >= 11 is 0. The summed E-state index contributed by atoms with van der Waals surface area (Å²) in [5.41, 5.74) is 3.67. The van der Waals surface area contributed by atoms with E-state index in [0.717, 1.165) is 18.8 Å². The molecular formula is C17H20O2. The molecule has 0 saturated carbocycles. The minimum atomic E-state index is 0.686. The smallest absolute Gasteiger partial charge is 0.119 e. The van der Waals surface area contributed by atoms with Crippen molar-refractivity contribution < 1.29 is 9.47 Å². The first-order valence-corrected chi connectivity index (χ1v) is 6.58. The van der Waals surface area contributed by atoms with Crippen LogP contribution in [0.15, 0.2) is 48.5 Å². The van der Waals surface area contributed by atoms with Crippen LogP contribution in [0, 0.1) is 6.92 Å². The van der Waals surface area contributed by atoms with Crippen LogP contribution in [0.3, 0.4) is 0 Å². The highest BCUT2D eigenvalue weighted by Crippen LogP contribution is 2.24. The van der Waals surface area contributed by atoms with E-state index < -0.39 is 0 Å². The normalized spacial score (nSPS) is 10.4. The van der Waals surface area contributed by atoms with Crippen molar-refractivity contribution in [3.63, 3.8) is 0 Å². The molecule has 100 valence electrons. The predicted octanol–water partition coefficient (Wildman–Crippen LogP) is 4.08. The highest BCUT2D eigenvalue weighted by molar-refractivity contribution is 5.65. The molecule has 0 bridgehead atoms. The summed E-state index contributed by atoms with van der Waals surface area (Å²) in [6.07, 6.45) is 0.908. The first-order valence-electron chi connectivity index (χ1n) is 6.58. The Labute approximate surface area is 115 Å². The maximum absolute atomic E-state index is 5.71. The van der Waals surface area contributed by atoms with E-state index in [1.165, 1.54) is 16.7 Å². The van der Waals surface area contributed by atoms with Gasteiger partial charge in [-0.15, -0.1) is 0 Å². The van der Waals surface area contributed by atoms with Crippen LogP contribution in [0.25, 0.3) is 11.1 Å². The summed E-state index contributed by atoms with van der Waals surface area (Å²) in [5, 5.41) is 0. The number of rotatable bonds is 6. The lowest BCUT2D eigenvalue weighted by Gasteiger charge is -2.08. The molecule has 0 atom stereocenters. The Kier molecular flexibility index (Phi) is 4.99. The number of ether oxygens (including phenoxy) is 2. The Bertz CT molecular complexity index is 503. The van der Waals surface area contributed by atoms with E-state index in [4.69, 9.17) is 9.47 Å². The van der Waals surface area contributed by atoms with E-state index in [2.05, 4.69) is 43.3 Å². The van der Waals surface area contributed by atoms with Gasteiger partial charge < -0.3 is 9.47 Å². The van der Waals surface area contributed by atoms with Crippen LogP contribution >= 0.6 is 0 Å². The zero-order valence-electron chi connectivity index (χ0n) is 11.6. The third-order valence-corrected chi connectivity index (χ3v) is 2.98. The van der Waals surface area contributed by atoms with Crippen molar-refractivity contribution in [3.8, 4) is 16.9 Å². The summed E-state index contributed by atoms with van der Waals surface area (Å²) in [4.78, 5) is 0. The molecule has 0 fully saturated rings. The summed E-state index contributed by atoms with van der Waals surface area (Å²) < 4.78 is 10.7. The average molecular weight is 256 g/mol. The van der Waals surface area contributed by atoms with E-state index >= 15 is 0 Å². The van der Waals surface area contributed by atoms with Crippen molar-refractivity contribution in [1.29, 1.82) is 0 Å². The Hall–Kier alpha value is -1.80. The van der Waals surface area contributed by atoms with Gasteiger partial charge in [0.25, 0.3) is 0 Å². The summed E-state index contributed by atoms with van der Waals surface area (Å²) in [6, 6.07) is 16.7. The lowest BCUT2D eigenvalue weighted by Crippen LogP contribution is -2.01. The fraction of sp³-hybridized carbons (Fsp3) is 0.294. The molecular weight excluding hydrogens is 236 g/mol. The number of hydrogen-bond acceptors (Lipinski definition) is 2. The molecule has 2 nitrogen and oxygen atoms in total. The Balaban J connectivity index is 2.04. The molecule has 0 radical (unpaired) electrons. The molecule has 0 heterocycles. The zero-order chi connectivity index (χ0) is 13.5. The summed E-state index contributed by atoms with van der Waals surface area (Å²) in [5.74, 6) is 0.911. The summed E-state index contributed by atoms with van der Waals surface area (Å²) in [7, 11) is 1.71. The van der Waals surface area contributed by atoms with Gasteiger partial charge in [0.05, 0.1) is 6.61 Å². The van der Waals surface area contributed by atoms with E-state index in [0.29, 0.717) is 6.61 Å².